The quantitative estimate of drug-likeness (QED) is 0.877. The zero-order valence-electron chi connectivity index (χ0n) is 11.5. The Morgan fingerprint density at radius 1 is 1.11 bits per heavy atom. The molecular formula is C18H21N. The van der Waals surface area contributed by atoms with E-state index in [1.54, 1.807) is 0 Å². The maximum Gasteiger partial charge on any atom is 0.0364 e. The van der Waals surface area contributed by atoms with Crippen LogP contribution in [-0.2, 0) is 12.8 Å². The fourth-order valence-electron chi connectivity index (χ4n) is 3.17. The van der Waals surface area contributed by atoms with Gasteiger partial charge in [-0.25, -0.2) is 0 Å². The van der Waals surface area contributed by atoms with E-state index in [0.29, 0.717) is 5.92 Å². The van der Waals surface area contributed by atoms with Crippen molar-refractivity contribution < 1.29 is 0 Å². The van der Waals surface area contributed by atoms with Crippen molar-refractivity contribution in [1.82, 2.24) is 0 Å². The van der Waals surface area contributed by atoms with E-state index in [-0.39, 0.29) is 6.04 Å². The fraction of sp³-hybridized carbons (Fsp3) is 0.333. The van der Waals surface area contributed by atoms with Gasteiger partial charge in [-0.3, -0.25) is 0 Å². The molecule has 0 amide bonds. The Hall–Kier alpha value is -1.60. The smallest absolute Gasteiger partial charge is 0.0364 e. The Morgan fingerprint density at radius 2 is 1.84 bits per heavy atom. The van der Waals surface area contributed by atoms with Crippen molar-refractivity contribution in [1.29, 1.82) is 0 Å². The third kappa shape index (κ3) is 2.31. The lowest BCUT2D eigenvalue weighted by Gasteiger charge is -2.21. The summed E-state index contributed by atoms with van der Waals surface area (Å²) in [6.45, 7) is 2.18. The van der Waals surface area contributed by atoms with Gasteiger partial charge in [-0.05, 0) is 41.5 Å². The van der Waals surface area contributed by atoms with Crippen LogP contribution in [0.3, 0.4) is 0 Å². The number of fused-ring (bicyclic) bond motifs is 1. The van der Waals surface area contributed by atoms with E-state index in [4.69, 9.17) is 5.73 Å². The molecule has 0 fully saturated rings. The molecule has 19 heavy (non-hydrogen) atoms. The summed E-state index contributed by atoms with van der Waals surface area (Å²) < 4.78 is 0. The van der Waals surface area contributed by atoms with E-state index in [2.05, 4.69) is 55.5 Å². The third-order valence-electron chi connectivity index (χ3n) is 4.39. The normalized spacial score (nSPS) is 19.2. The van der Waals surface area contributed by atoms with Gasteiger partial charge in [-0.1, -0.05) is 55.5 Å². The molecule has 2 aromatic carbocycles. The summed E-state index contributed by atoms with van der Waals surface area (Å²) in [6, 6.07) is 17.7. The molecule has 1 heteroatoms. The highest BCUT2D eigenvalue weighted by Crippen LogP contribution is 2.40. The summed E-state index contributed by atoms with van der Waals surface area (Å²) in [5.41, 5.74) is 12.1. The summed E-state index contributed by atoms with van der Waals surface area (Å²) in [7, 11) is 0. The van der Waals surface area contributed by atoms with Gasteiger partial charge in [0.05, 0.1) is 0 Å². The van der Waals surface area contributed by atoms with Gasteiger partial charge >= 0.3 is 0 Å². The summed E-state index contributed by atoms with van der Waals surface area (Å²) in [5.74, 6) is 0.476. The third-order valence-corrected chi connectivity index (χ3v) is 4.39. The predicted molar refractivity (Wildman–Crippen MR) is 80.3 cm³/mol. The highest BCUT2D eigenvalue weighted by Gasteiger charge is 2.27. The van der Waals surface area contributed by atoms with Crippen molar-refractivity contribution in [2.24, 2.45) is 5.73 Å². The molecule has 2 atom stereocenters. The first-order valence-electron chi connectivity index (χ1n) is 7.22. The second kappa shape index (κ2) is 5.18. The highest BCUT2D eigenvalue weighted by molar-refractivity contribution is 5.38. The van der Waals surface area contributed by atoms with Crippen molar-refractivity contribution in [3.05, 3.63) is 70.8 Å². The van der Waals surface area contributed by atoms with Crippen LogP contribution in [0, 0.1) is 0 Å². The van der Waals surface area contributed by atoms with Gasteiger partial charge in [0, 0.05) is 12.0 Å². The Balaban J connectivity index is 1.86. The van der Waals surface area contributed by atoms with Gasteiger partial charge in [0.25, 0.3) is 0 Å². The summed E-state index contributed by atoms with van der Waals surface area (Å²) in [5, 5.41) is 0. The van der Waals surface area contributed by atoms with Crippen LogP contribution < -0.4 is 5.73 Å². The summed E-state index contributed by atoms with van der Waals surface area (Å²) >= 11 is 0. The minimum Gasteiger partial charge on any atom is -0.323 e. The lowest BCUT2D eigenvalue weighted by atomic mass is 9.88. The highest BCUT2D eigenvalue weighted by atomic mass is 14.7. The molecule has 0 saturated heterocycles. The SMILES string of the molecule is CCc1ccc(C(N)C2CCc3ccccc32)cc1. The van der Waals surface area contributed by atoms with Gasteiger partial charge in [0.1, 0.15) is 0 Å². The van der Waals surface area contributed by atoms with Gasteiger partial charge in [0.15, 0.2) is 0 Å². The predicted octanol–water partition coefficient (Wildman–Crippen LogP) is 3.98. The van der Waals surface area contributed by atoms with E-state index >= 15 is 0 Å². The zero-order valence-corrected chi connectivity index (χ0v) is 11.5. The van der Waals surface area contributed by atoms with E-state index in [0.717, 1.165) is 6.42 Å². The molecule has 0 spiro atoms. The molecule has 0 aliphatic heterocycles. The first-order chi connectivity index (χ1) is 9.29. The largest absolute Gasteiger partial charge is 0.323 e. The molecule has 0 heterocycles. The van der Waals surface area contributed by atoms with Gasteiger partial charge in [-0.2, -0.15) is 0 Å². The summed E-state index contributed by atoms with van der Waals surface area (Å²) in [4.78, 5) is 0. The Labute approximate surface area is 115 Å². The van der Waals surface area contributed by atoms with E-state index < -0.39 is 0 Å². The lowest BCUT2D eigenvalue weighted by Crippen LogP contribution is -2.18. The average molecular weight is 251 g/mol. The second-order valence-corrected chi connectivity index (χ2v) is 5.46. The molecule has 1 aliphatic rings. The number of nitrogens with two attached hydrogens (primary N) is 1. The molecule has 2 unspecified atom stereocenters. The maximum atomic E-state index is 6.51. The van der Waals surface area contributed by atoms with Crippen LogP contribution in [0.4, 0.5) is 0 Å². The van der Waals surface area contributed by atoms with E-state index in [1.165, 1.54) is 35.1 Å². The Morgan fingerprint density at radius 3 is 2.58 bits per heavy atom. The molecule has 1 nitrogen and oxygen atoms in total. The molecule has 2 N–H and O–H groups in total. The van der Waals surface area contributed by atoms with Crippen molar-refractivity contribution in [2.45, 2.75) is 38.1 Å². The monoisotopic (exact) mass is 251 g/mol. The molecule has 0 aromatic heterocycles. The van der Waals surface area contributed by atoms with Crippen LogP contribution in [0.15, 0.2) is 48.5 Å². The van der Waals surface area contributed by atoms with Crippen molar-refractivity contribution >= 4 is 0 Å². The molecule has 0 radical (unpaired) electrons. The van der Waals surface area contributed by atoms with Crippen LogP contribution in [0.5, 0.6) is 0 Å². The van der Waals surface area contributed by atoms with Crippen LogP contribution in [-0.4, -0.2) is 0 Å². The topological polar surface area (TPSA) is 26.0 Å². The van der Waals surface area contributed by atoms with Crippen molar-refractivity contribution in [2.75, 3.05) is 0 Å². The lowest BCUT2D eigenvalue weighted by molar-refractivity contribution is 0.550. The number of hydrogen-bond acceptors (Lipinski definition) is 1. The molecule has 0 saturated carbocycles. The first kappa shape index (κ1) is 12.4. The Kier molecular flexibility index (Phi) is 3.39. The molecule has 3 rings (SSSR count). The summed E-state index contributed by atoms with van der Waals surface area (Å²) in [6.07, 6.45) is 3.43. The van der Waals surface area contributed by atoms with Gasteiger partial charge in [0.2, 0.25) is 0 Å². The maximum absolute atomic E-state index is 6.51. The van der Waals surface area contributed by atoms with Crippen molar-refractivity contribution in [3.63, 3.8) is 0 Å². The standard InChI is InChI=1S/C18H21N/c1-2-13-7-9-15(10-8-13)18(19)17-12-11-14-5-3-4-6-16(14)17/h3-10,17-18H,2,11-12,19H2,1H3. The van der Waals surface area contributed by atoms with Gasteiger partial charge in [-0.15, -0.1) is 0 Å². The molecular weight excluding hydrogens is 230 g/mol. The average Bonchev–Trinajstić information content (AvgIpc) is 2.90. The number of hydrogen-bond donors (Lipinski definition) is 1. The number of aryl methyl sites for hydroxylation is 2. The van der Waals surface area contributed by atoms with Crippen LogP contribution in [0.1, 0.15) is 47.6 Å². The molecule has 0 bridgehead atoms. The van der Waals surface area contributed by atoms with E-state index in [9.17, 15) is 0 Å². The number of benzene rings is 2. The second-order valence-electron chi connectivity index (χ2n) is 5.46. The Bertz CT molecular complexity index is 556. The zero-order chi connectivity index (χ0) is 13.2. The van der Waals surface area contributed by atoms with Crippen LogP contribution >= 0.6 is 0 Å². The minimum atomic E-state index is 0.120. The molecule has 1 aliphatic carbocycles. The van der Waals surface area contributed by atoms with Crippen LogP contribution in [0.2, 0.25) is 0 Å². The van der Waals surface area contributed by atoms with Gasteiger partial charge < -0.3 is 5.73 Å². The minimum absolute atomic E-state index is 0.120. The van der Waals surface area contributed by atoms with Crippen LogP contribution in [0.25, 0.3) is 0 Å². The number of rotatable bonds is 3. The van der Waals surface area contributed by atoms with E-state index in [1.807, 2.05) is 0 Å². The van der Waals surface area contributed by atoms with Crippen molar-refractivity contribution in [3.8, 4) is 0 Å². The fourth-order valence-corrected chi connectivity index (χ4v) is 3.17. The molecule has 2 aromatic rings. The molecule has 98 valence electrons. The first-order valence-corrected chi connectivity index (χ1v) is 7.22.